The lowest BCUT2D eigenvalue weighted by molar-refractivity contribution is -0.218. The number of rotatable bonds is 24. The van der Waals surface area contributed by atoms with Crippen molar-refractivity contribution in [2.24, 2.45) is 0 Å². The van der Waals surface area contributed by atoms with E-state index in [1.807, 2.05) is 24.8 Å². The number of unbranched alkanes of at least 4 members (excludes halogenated alkanes) is 10. The molecule has 2 saturated heterocycles. The zero-order chi connectivity index (χ0) is 44.6. The predicted octanol–water partition coefficient (Wildman–Crippen LogP) is 14.5. The molecule has 2 aromatic heterocycles. The number of nitrogens with zero attached hydrogens (tertiary/aromatic N) is 4. The first-order valence-electron chi connectivity index (χ1n) is 25.4. The summed E-state index contributed by atoms with van der Waals surface area (Å²) in [6.45, 7) is 5.48. The molecule has 0 N–H and O–H groups in total. The van der Waals surface area contributed by atoms with Gasteiger partial charge < -0.3 is 23.7 Å². The van der Waals surface area contributed by atoms with Gasteiger partial charge in [0.25, 0.3) is 0 Å². The standard InChI is InChI=1S/C54H74N4O5S2/c1-3-5-7-9-11-19-33-64-51-55-35-45(36-56-51)41-21-25-43(26-22-41)49(47-39-59-53(62-47)29-15-13-16-30-53)61-50(48-40-60-54(63-48)31-17-14-18-32-54)44-27-23-42(24-28-44)46-37-57-52(58-38-46)65-34-20-12-10-8-6-4-2/h21-28,35-38,47-50H,3-20,29-34,39-40H2,1-2H3. The zero-order valence-electron chi connectivity index (χ0n) is 39.3. The average Bonchev–Trinajstić information content (AvgIpc) is 3.95. The van der Waals surface area contributed by atoms with Crippen LogP contribution in [0.3, 0.4) is 0 Å². The fourth-order valence-electron chi connectivity index (χ4n) is 9.98. The van der Waals surface area contributed by atoms with E-state index in [2.05, 4.69) is 62.4 Å². The van der Waals surface area contributed by atoms with Crippen LogP contribution >= 0.6 is 23.5 Å². The molecule has 0 bridgehead atoms. The van der Waals surface area contributed by atoms with Gasteiger partial charge in [0.05, 0.1) is 13.2 Å². The van der Waals surface area contributed by atoms with E-state index < -0.39 is 23.8 Å². The second-order valence-corrected chi connectivity index (χ2v) is 21.0. The second-order valence-electron chi connectivity index (χ2n) is 18.8. The number of hydrogen-bond donors (Lipinski definition) is 0. The van der Waals surface area contributed by atoms with Crippen LogP contribution in [0.4, 0.5) is 0 Å². The Morgan fingerprint density at radius 2 is 0.862 bits per heavy atom. The highest BCUT2D eigenvalue weighted by molar-refractivity contribution is 7.99. The van der Waals surface area contributed by atoms with Crippen molar-refractivity contribution in [3.8, 4) is 22.3 Å². The van der Waals surface area contributed by atoms with E-state index in [4.69, 9.17) is 43.6 Å². The van der Waals surface area contributed by atoms with Crippen molar-refractivity contribution in [2.75, 3.05) is 24.7 Å². The molecule has 4 fully saturated rings. The normalized spacial score (nSPS) is 21.3. The molecule has 4 aliphatic rings. The van der Waals surface area contributed by atoms with Gasteiger partial charge in [-0.15, -0.1) is 0 Å². The molecule has 8 rings (SSSR count). The van der Waals surface area contributed by atoms with Crippen molar-refractivity contribution in [2.45, 2.75) is 201 Å². The average molecular weight is 923 g/mol. The number of thioether (sulfide) groups is 2. The summed E-state index contributed by atoms with van der Waals surface area (Å²) in [5.41, 5.74) is 6.22. The number of benzene rings is 2. The van der Waals surface area contributed by atoms with Crippen LogP contribution < -0.4 is 0 Å². The van der Waals surface area contributed by atoms with Gasteiger partial charge in [-0.05, 0) is 60.8 Å². The minimum absolute atomic E-state index is 0.285. The number of hydrogen-bond acceptors (Lipinski definition) is 11. The van der Waals surface area contributed by atoms with E-state index in [0.717, 1.165) is 107 Å². The Labute approximate surface area is 398 Å². The Bertz CT molecular complexity index is 1830. The third kappa shape index (κ3) is 13.6. The second kappa shape index (κ2) is 24.9. The van der Waals surface area contributed by atoms with E-state index in [1.165, 1.54) is 89.9 Å². The van der Waals surface area contributed by atoms with Gasteiger partial charge in [-0.3, -0.25) is 0 Å². The first-order chi connectivity index (χ1) is 32.0. The Balaban J connectivity index is 0.992. The highest BCUT2D eigenvalue weighted by Gasteiger charge is 2.49. The van der Waals surface area contributed by atoms with Crippen molar-refractivity contribution in [3.63, 3.8) is 0 Å². The SMILES string of the molecule is CCCCCCCCSc1ncc(-c2ccc(C(OC(c3ccc(-c4cnc(SCCCCCCCC)nc4)cc3)C3COC4(CCCCC4)O3)C3COC4(CCCCC4)O3)cc2)cn1. The van der Waals surface area contributed by atoms with Gasteiger partial charge in [-0.25, -0.2) is 19.9 Å². The summed E-state index contributed by atoms with van der Waals surface area (Å²) in [6, 6.07) is 17.4. The molecule has 4 atom stereocenters. The molecule has 0 amide bonds. The fraction of sp³-hybridized carbons (Fsp3) is 0.630. The molecule has 352 valence electrons. The maximum absolute atomic E-state index is 7.46. The summed E-state index contributed by atoms with van der Waals surface area (Å²) in [7, 11) is 0. The highest BCUT2D eigenvalue weighted by atomic mass is 32.2. The molecule has 4 unspecified atom stereocenters. The molecule has 9 nitrogen and oxygen atoms in total. The summed E-state index contributed by atoms with van der Waals surface area (Å²) in [6.07, 6.45) is 32.5. The Morgan fingerprint density at radius 1 is 0.492 bits per heavy atom. The third-order valence-electron chi connectivity index (χ3n) is 13.8. The Kier molecular flexibility index (Phi) is 18.6. The summed E-state index contributed by atoms with van der Waals surface area (Å²) < 4.78 is 34.6. The largest absolute Gasteiger partial charge is 0.360 e. The zero-order valence-corrected chi connectivity index (χ0v) is 40.9. The summed E-state index contributed by atoms with van der Waals surface area (Å²) >= 11 is 3.51. The quantitative estimate of drug-likeness (QED) is 0.0382. The van der Waals surface area contributed by atoms with E-state index >= 15 is 0 Å². The van der Waals surface area contributed by atoms with E-state index in [9.17, 15) is 0 Å². The van der Waals surface area contributed by atoms with Gasteiger partial charge in [0.15, 0.2) is 21.9 Å². The van der Waals surface area contributed by atoms with Gasteiger partial charge in [-0.1, -0.05) is 163 Å². The monoisotopic (exact) mass is 923 g/mol. The van der Waals surface area contributed by atoms with Crippen LogP contribution in [0, 0.1) is 0 Å². The van der Waals surface area contributed by atoms with Crippen LogP contribution in [-0.2, 0) is 23.7 Å². The third-order valence-corrected chi connectivity index (χ3v) is 15.7. The molecule has 4 heterocycles. The molecular formula is C54H74N4O5S2. The van der Waals surface area contributed by atoms with Gasteiger partial charge in [0.2, 0.25) is 0 Å². The van der Waals surface area contributed by atoms with Crippen molar-refractivity contribution in [1.29, 1.82) is 0 Å². The molecule has 2 aliphatic heterocycles. The Hall–Kier alpha value is -2.90. The first-order valence-corrected chi connectivity index (χ1v) is 27.4. The van der Waals surface area contributed by atoms with Crippen LogP contribution in [0.15, 0.2) is 83.6 Å². The minimum Gasteiger partial charge on any atom is -0.360 e. The van der Waals surface area contributed by atoms with Gasteiger partial charge in [-0.2, -0.15) is 0 Å². The van der Waals surface area contributed by atoms with Crippen LogP contribution in [0.25, 0.3) is 22.3 Å². The lowest BCUT2D eigenvalue weighted by Crippen LogP contribution is -2.37. The lowest BCUT2D eigenvalue weighted by atomic mass is 9.94. The maximum Gasteiger partial charge on any atom is 0.187 e. The minimum atomic E-state index is -0.544. The summed E-state index contributed by atoms with van der Waals surface area (Å²) in [5.74, 6) is 1.03. The van der Waals surface area contributed by atoms with Crippen molar-refractivity contribution in [3.05, 3.63) is 84.4 Å². The molecule has 2 saturated carbocycles. The number of aromatic nitrogens is 4. The van der Waals surface area contributed by atoms with Crippen LogP contribution in [-0.4, -0.2) is 68.4 Å². The molecule has 11 heteroatoms. The van der Waals surface area contributed by atoms with Gasteiger partial charge in [0, 0.05) is 73.1 Å². The molecular weight excluding hydrogens is 849 g/mol. The molecule has 4 aromatic rings. The summed E-state index contributed by atoms with van der Waals surface area (Å²) in [5, 5.41) is 1.68. The molecule has 2 spiro atoms. The molecule has 2 aliphatic carbocycles. The van der Waals surface area contributed by atoms with Gasteiger partial charge >= 0.3 is 0 Å². The van der Waals surface area contributed by atoms with Crippen molar-refractivity contribution in [1.82, 2.24) is 19.9 Å². The van der Waals surface area contributed by atoms with Crippen molar-refractivity contribution >= 4 is 23.5 Å². The molecule has 2 aromatic carbocycles. The fourth-order valence-corrected chi connectivity index (χ4v) is 11.6. The first kappa shape index (κ1) is 48.6. The van der Waals surface area contributed by atoms with E-state index in [0.29, 0.717) is 13.2 Å². The van der Waals surface area contributed by atoms with Crippen LogP contribution in [0.1, 0.15) is 178 Å². The predicted molar refractivity (Wildman–Crippen MR) is 263 cm³/mol. The highest BCUT2D eigenvalue weighted by Crippen LogP contribution is 2.47. The van der Waals surface area contributed by atoms with Crippen LogP contribution in [0.5, 0.6) is 0 Å². The topological polar surface area (TPSA) is 97.7 Å². The lowest BCUT2D eigenvalue weighted by Gasteiger charge is -2.36. The van der Waals surface area contributed by atoms with E-state index in [-0.39, 0.29) is 12.2 Å². The summed E-state index contributed by atoms with van der Waals surface area (Å²) in [4.78, 5) is 18.9. The van der Waals surface area contributed by atoms with Gasteiger partial charge in [0.1, 0.15) is 24.4 Å². The smallest absolute Gasteiger partial charge is 0.187 e. The molecule has 65 heavy (non-hydrogen) atoms. The Morgan fingerprint density at radius 3 is 1.25 bits per heavy atom. The maximum atomic E-state index is 7.46. The number of ether oxygens (including phenoxy) is 5. The molecule has 0 radical (unpaired) electrons. The van der Waals surface area contributed by atoms with Crippen molar-refractivity contribution < 1.29 is 23.7 Å². The van der Waals surface area contributed by atoms with Crippen LogP contribution in [0.2, 0.25) is 0 Å². The van der Waals surface area contributed by atoms with E-state index in [1.54, 1.807) is 23.5 Å².